The summed E-state index contributed by atoms with van der Waals surface area (Å²) < 4.78 is 24.2. The van der Waals surface area contributed by atoms with Gasteiger partial charge < -0.3 is 14.8 Å². The summed E-state index contributed by atoms with van der Waals surface area (Å²) in [6, 6.07) is 10.4. The van der Waals surface area contributed by atoms with Crippen LogP contribution >= 0.6 is 0 Å². The highest BCUT2D eigenvalue weighted by Crippen LogP contribution is 2.28. The predicted molar refractivity (Wildman–Crippen MR) is 98.6 cm³/mol. The summed E-state index contributed by atoms with van der Waals surface area (Å²) in [6.07, 6.45) is 6.06. The Kier molecular flexibility index (Phi) is 7.04. The van der Waals surface area contributed by atoms with Crippen LogP contribution in [0.3, 0.4) is 0 Å². The number of ether oxygens (including phenoxy) is 2. The molecule has 0 heterocycles. The van der Waals surface area contributed by atoms with Gasteiger partial charge in [-0.2, -0.15) is 0 Å². The number of carbonyl (C=O) groups is 1. The van der Waals surface area contributed by atoms with Gasteiger partial charge in [-0.25, -0.2) is 4.39 Å². The van der Waals surface area contributed by atoms with Gasteiger partial charge in [0.2, 0.25) is 5.91 Å². The predicted octanol–water partition coefficient (Wildman–Crippen LogP) is 3.40. The van der Waals surface area contributed by atoms with Gasteiger partial charge in [-0.05, 0) is 48.2 Å². The largest absolute Gasteiger partial charge is 0.493 e. The van der Waals surface area contributed by atoms with E-state index >= 15 is 0 Å². The molecule has 0 unspecified atom stereocenters. The van der Waals surface area contributed by atoms with Crippen molar-refractivity contribution < 1.29 is 18.7 Å². The van der Waals surface area contributed by atoms with E-state index in [-0.39, 0.29) is 18.3 Å². The van der Waals surface area contributed by atoms with Crippen molar-refractivity contribution in [3.63, 3.8) is 0 Å². The van der Waals surface area contributed by atoms with Gasteiger partial charge in [0, 0.05) is 13.0 Å². The average Bonchev–Trinajstić information content (AvgIpc) is 2.65. The molecule has 2 rings (SSSR count). The Morgan fingerprint density at radius 1 is 1.19 bits per heavy atom. The molecule has 5 heteroatoms. The molecule has 0 aliphatic carbocycles. The fraction of sp³-hybridized carbons (Fsp3) is 0.286. The van der Waals surface area contributed by atoms with Crippen LogP contribution in [-0.2, 0) is 17.8 Å². The minimum atomic E-state index is -0.268. The number of hydrogen-bond donors (Lipinski definition) is 1. The number of rotatable bonds is 8. The highest BCUT2D eigenvalue weighted by atomic mass is 19.1. The molecule has 0 spiro atoms. The number of carbonyl (C=O) groups excluding carboxylic acids is 1. The van der Waals surface area contributed by atoms with Gasteiger partial charge >= 0.3 is 0 Å². The average molecular weight is 355 g/mol. The molecule has 0 aliphatic rings. The second kappa shape index (κ2) is 9.47. The molecule has 0 aliphatic heterocycles. The Balaban J connectivity index is 1.86. The van der Waals surface area contributed by atoms with E-state index in [1.54, 1.807) is 32.2 Å². The van der Waals surface area contributed by atoms with E-state index in [9.17, 15) is 9.18 Å². The van der Waals surface area contributed by atoms with Gasteiger partial charge in [-0.3, -0.25) is 4.79 Å². The Labute approximate surface area is 153 Å². The second-order valence-corrected chi connectivity index (χ2v) is 5.84. The maximum Gasteiger partial charge on any atom is 0.220 e. The van der Waals surface area contributed by atoms with Crippen LogP contribution in [0.4, 0.5) is 4.39 Å². The minimum absolute atomic E-state index is 0.0994. The van der Waals surface area contributed by atoms with Crippen molar-refractivity contribution in [1.82, 2.24) is 5.32 Å². The highest BCUT2D eigenvalue weighted by Gasteiger charge is 2.08. The maximum atomic E-state index is 13.5. The zero-order valence-electron chi connectivity index (χ0n) is 15.0. The van der Waals surface area contributed by atoms with E-state index < -0.39 is 0 Å². The molecule has 0 saturated carbocycles. The standard InChI is InChI=1S/C21H22FNO3/c1-4-11-26-19-9-7-16(13-20(19)25-3)8-10-21(24)23-14-17-6-5-15(2)18(22)12-17/h1,5-7,9,12-13H,8,10-11,14H2,2-3H3,(H,23,24). The van der Waals surface area contributed by atoms with Gasteiger partial charge in [-0.15, -0.1) is 6.42 Å². The van der Waals surface area contributed by atoms with E-state index in [0.29, 0.717) is 36.4 Å². The van der Waals surface area contributed by atoms with Gasteiger partial charge in [0.05, 0.1) is 7.11 Å². The van der Waals surface area contributed by atoms with Crippen LogP contribution in [0.15, 0.2) is 36.4 Å². The summed E-state index contributed by atoms with van der Waals surface area (Å²) in [4.78, 5) is 12.0. The van der Waals surface area contributed by atoms with Crippen LogP contribution < -0.4 is 14.8 Å². The third-order valence-electron chi connectivity index (χ3n) is 3.91. The molecule has 2 aromatic carbocycles. The summed E-state index contributed by atoms with van der Waals surface area (Å²) in [5, 5.41) is 2.80. The van der Waals surface area contributed by atoms with Gasteiger partial charge in [0.1, 0.15) is 12.4 Å². The van der Waals surface area contributed by atoms with Crippen LogP contribution in [0.25, 0.3) is 0 Å². The molecule has 26 heavy (non-hydrogen) atoms. The normalized spacial score (nSPS) is 10.1. The first-order chi connectivity index (χ1) is 12.5. The van der Waals surface area contributed by atoms with Gasteiger partial charge in [0.25, 0.3) is 0 Å². The molecule has 0 atom stereocenters. The van der Waals surface area contributed by atoms with E-state index in [4.69, 9.17) is 15.9 Å². The first kappa shape index (κ1) is 19.3. The van der Waals surface area contributed by atoms with Crippen molar-refractivity contribution in [3.8, 4) is 23.8 Å². The van der Waals surface area contributed by atoms with Gasteiger partial charge in [-0.1, -0.05) is 24.1 Å². The van der Waals surface area contributed by atoms with E-state index in [2.05, 4.69) is 11.2 Å². The first-order valence-corrected chi connectivity index (χ1v) is 8.28. The molecular weight excluding hydrogens is 333 g/mol. The lowest BCUT2D eigenvalue weighted by Crippen LogP contribution is -2.23. The Bertz CT molecular complexity index is 811. The minimum Gasteiger partial charge on any atom is -0.493 e. The van der Waals surface area contributed by atoms with E-state index in [1.807, 2.05) is 12.1 Å². The molecule has 136 valence electrons. The van der Waals surface area contributed by atoms with Crippen LogP contribution in [0.5, 0.6) is 11.5 Å². The summed E-state index contributed by atoms with van der Waals surface area (Å²) in [6.45, 7) is 2.17. The quantitative estimate of drug-likeness (QED) is 0.738. The molecule has 0 bridgehead atoms. The lowest BCUT2D eigenvalue weighted by Gasteiger charge is -2.11. The molecule has 0 radical (unpaired) electrons. The van der Waals surface area contributed by atoms with Crippen molar-refractivity contribution in [1.29, 1.82) is 0 Å². The number of benzene rings is 2. The molecule has 1 amide bonds. The first-order valence-electron chi connectivity index (χ1n) is 8.28. The number of hydrogen-bond acceptors (Lipinski definition) is 3. The van der Waals surface area contributed by atoms with Gasteiger partial charge in [0.15, 0.2) is 11.5 Å². The number of terminal acetylenes is 1. The molecule has 4 nitrogen and oxygen atoms in total. The third-order valence-corrected chi connectivity index (χ3v) is 3.91. The third kappa shape index (κ3) is 5.52. The van der Waals surface area contributed by atoms with Crippen LogP contribution in [0.2, 0.25) is 0 Å². The summed E-state index contributed by atoms with van der Waals surface area (Å²) in [5.41, 5.74) is 2.27. The molecule has 2 aromatic rings. The molecular formula is C21H22FNO3. The Hall–Kier alpha value is -3.00. The molecule has 0 saturated heterocycles. The number of nitrogens with one attached hydrogen (secondary N) is 1. The topological polar surface area (TPSA) is 47.6 Å². The van der Waals surface area contributed by atoms with Crippen LogP contribution in [-0.4, -0.2) is 19.6 Å². The number of methoxy groups -OCH3 is 1. The summed E-state index contributed by atoms with van der Waals surface area (Å²) >= 11 is 0. The second-order valence-electron chi connectivity index (χ2n) is 5.84. The SMILES string of the molecule is C#CCOc1ccc(CCC(=O)NCc2ccc(C)c(F)c2)cc1OC. The van der Waals surface area contributed by atoms with Crippen molar-refractivity contribution in [2.45, 2.75) is 26.3 Å². The fourth-order valence-corrected chi connectivity index (χ4v) is 2.40. The Morgan fingerprint density at radius 3 is 2.65 bits per heavy atom. The monoisotopic (exact) mass is 355 g/mol. The van der Waals surface area contributed by atoms with Crippen molar-refractivity contribution in [2.75, 3.05) is 13.7 Å². The number of halogens is 1. The molecule has 0 fully saturated rings. The lowest BCUT2D eigenvalue weighted by molar-refractivity contribution is -0.121. The lowest BCUT2D eigenvalue weighted by atomic mass is 10.1. The number of amides is 1. The van der Waals surface area contributed by atoms with Crippen LogP contribution in [0, 0.1) is 25.1 Å². The maximum absolute atomic E-state index is 13.5. The summed E-state index contributed by atoms with van der Waals surface area (Å²) in [5.74, 6) is 3.18. The Morgan fingerprint density at radius 2 is 1.96 bits per heavy atom. The zero-order valence-corrected chi connectivity index (χ0v) is 15.0. The van der Waals surface area contributed by atoms with Crippen molar-refractivity contribution in [2.24, 2.45) is 0 Å². The van der Waals surface area contributed by atoms with Crippen molar-refractivity contribution in [3.05, 3.63) is 58.9 Å². The fourth-order valence-electron chi connectivity index (χ4n) is 2.40. The zero-order chi connectivity index (χ0) is 18.9. The molecule has 1 N–H and O–H groups in total. The van der Waals surface area contributed by atoms with Crippen molar-refractivity contribution >= 4 is 5.91 Å². The van der Waals surface area contributed by atoms with Crippen LogP contribution in [0.1, 0.15) is 23.1 Å². The smallest absolute Gasteiger partial charge is 0.220 e. The van der Waals surface area contributed by atoms with E-state index in [1.165, 1.54) is 6.07 Å². The summed E-state index contributed by atoms with van der Waals surface area (Å²) in [7, 11) is 1.55. The highest BCUT2D eigenvalue weighted by molar-refractivity contribution is 5.76. The number of aryl methyl sites for hydroxylation is 2. The molecule has 0 aromatic heterocycles. The van der Waals surface area contributed by atoms with E-state index in [0.717, 1.165) is 11.1 Å².